The molecular formula is C10H23N. The van der Waals surface area contributed by atoms with Crippen molar-refractivity contribution in [3.05, 3.63) is 0 Å². The molecule has 0 aromatic heterocycles. The van der Waals surface area contributed by atoms with E-state index in [9.17, 15) is 0 Å². The van der Waals surface area contributed by atoms with Crippen molar-refractivity contribution in [2.45, 2.75) is 53.6 Å². The summed E-state index contributed by atoms with van der Waals surface area (Å²) in [6.45, 7) is 13.5. The monoisotopic (exact) mass is 157 g/mol. The van der Waals surface area contributed by atoms with Crippen LogP contribution in [-0.4, -0.2) is 12.1 Å². The number of hydrogen-bond donors (Lipinski definition) is 1. The van der Waals surface area contributed by atoms with Gasteiger partial charge in [0.15, 0.2) is 0 Å². The molecule has 0 rings (SSSR count). The molecule has 11 heavy (non-hydrogen) atoms. The molecule has 1 heteroatoms. The lowest BCUT2D eigenvalue weighted by molar-refractivity contribution is 0.295. The van der Waals surface area contributed by atoms with E-state index in [-0.39, 0.29) is 0 Å². The molecule has 0 unspecified atom stereocenters. The highest BCUT2D eigenvalue weighted by Gasteiger charge is 2.17. The van der Waals surface area contributed by atoms with Crippen LogP contribution in [0.2, 0.25) is 0 Å². The van der Waals surface area contributed by atoms with Gasteiger partial charge in [-0.2, -0.15) is 0 Å². The smallest absolute Gasteiger partial charge is 0.0115 e. The largest absolute Gasteiger partial charge is 0.311 e. The molecule has 0 radical (unpaired) electrons. The molecule has 0 atom stereocenters. The highest BCUT2D eigenvalue weighted by molar-refractivity contribution is 4.75. The van der Waals surface area contributed by atoms with E-state index in [1.165, 1.54) is 0 Å². The van der Waals surface area contributed by atoms with Crippen LogP contribution in [-0.2, 0) is 0 Å². The van der Waals surface area contributed by atoms with Crippen LogP contribution >= 0.6 is 0 Å². The molecule has 0 spiro atoms. The van der Waals surface area contributed by atoms with Crippen LogP contribution in [0.3, 0.4) is 0 Å². The van der Waals surface area contributed by atoms with E-state index in [1.54, 1.807) is 0 Å². The van der Waals surface area contributed by atoms with Crippen LogP contribution < -0.4 is 5.32 Å². The quantitative estimate of drug-likeness (QED) is 0.661. The van der Waals surface area contributed by atoms with Gasteiger partial charge >= 0.3 is 0 Å². The van der Waals surface area contributed by atoms with Gasteiger partial charge in [-0.3, -0.25) is 0 Å². The summed E-state index contributed by atoms with van der Waals surface area (Å²) in [4.78, 5) is 0. The predicted octanol–water partition coefficient (Wildman–Crippen LogP) is 2.67. The Morgan fingerprint density at radius 3 is 1.18 bits per heavy atom. The van der Waals surface area contributed by atoms with Gasteiger partial charge in [-0.1, -0.05) is 41.5 Å². The molecular weight excluding hydrogens is 134 g/mol. The van der Waals surface area contributed by atoms with Crippen LogP contribution in [0.4, 0.5) is 0 Å². The summed E-state index contributed by atoms with van der Waals surface area (Å²) in [5.74, 6) is 1.47. The molecule has 0 amide bonds. The van der Waals surface area contributed by atoms with Crippen molar-refractivity contribution in [1.29, 1.82) is 0 Å². The molecule has 0 aromatic rings. The second kappa shape index (κ2) is 4.76. The van der Waals surface area contributed by atoms with Crippen LogP contribution in [0, 0.1) is 11.8 Å². The highest BCUT2D eigenvalue weighted by atomic mass is 14.9. The molecule has 0 aliphatic carbocycles. The maximum Gasteiger partial charge on any atom is 0.0115 e. The summed E-state index contributed by atoms with van der Waals surface area (Å²) in [5, 5.41) is 3.58. The zero-order valence-corrected chi connectivity index (χ0v) is 8.81. The Morgan fingerprint density at radius 2 is 1.09 bits per heavy atom. The fourth-order valence-corrected chi connectivity index (χ4v) is 1.54. The molecule has 0 aliphatic rings. The molecule has 0 heterocycles. The van der Waals surface area contributed by atoms with Crippen LogP contribution in [0.15, 0.2) is 0 Å². The van der Waals surface area contributed by atoms with Crippen molar-refractivity contribution in [3.63, 3.8) is 0 Å². The van der Waals surface area contributed by atoms with Crippen molar-refractivity contribution in [2.24, 2.45) is 11.8 Å². The summed E-state index contributed by atoms with van der Waals surface area (Å²) in [6.07, 6.45) is 0. The fraction of sp³-hybridized carbons (Fsp3) is 1.00. The minimum absolute atomic E-state index is 0.602. The zero-order valence-electron chi connectivity index (χ0n) is 8.81. The van der Waals surface area contributed by atoms with E-state index in [0.717, 1.165) is 11.8 Å². The third kappa shape index (κ3) is 4.41. The van der Waals surface area contributed by atoms with Crippen molar-refractivity contribution in [3.8, 4) is 0 Å². The maximum atomic E-state index is 3.58. The molecule has 1 nitrogen and oxygen atoms in total. The van der Waals surface area contributed by atoms with E-state index >= 15 is 0 Å². The summed E-state index contributed by atoms with van der Waals surface area (Å²) in [7, 11) is 0. The number of hydrogen-bond acceptors (Lipinski definition) is 1. The van der Waals surface area contributed by atoms with E-state index in [4.69, 9.17) is 0 Å². The fourth-order valence-electron chi connectivity index (χ4n) is 1.54. The Labute approximate surface area is 71.6 Å². The zero-order chi connectivity index (χ0) is 9.02. The molecule has 0 bridgehead atoms. The second-order valence-corrected chi connectivity index (χ2v) is 4.34. The predicted molar refractivity (Wildman–Crippen MR) is 51.7 cm³/mol. The SMILES string of the molecule is CC(C)NC(C(C)C)C(C)C. The summed E-state index contributed by atoms with van der Waals surface area (Å²) in [6, 6.07) is 1.26. The summed E-state index contributed by atoms with van der Waals surface area (Å²) >= 11 is 0. The van der Waals surface area contributed by atoms with Crippen LogP contribution in [0.25, 0.3) is 0 Å². The van der Waals surface area contributed by atoms with Gasteiger partial charge in [0, 0.05) is 12.1 Å². The van der Waals surface area contributed by atoms with Gasteiger partial charge in [0.2, 0.25) is 0 Å². The van der Waals surface area contributed by atoms with Gasteiger partial charge < -0.3 is 5.32 Å². The minimum Gasteiger partial charge on any atom is -0.311 e. The Kier molecular flexibility index (Phi) is 4.74. The normalized spacial score (nSPS) is 12.5. The van der Waals surface area contributed by atoms with E-state index in [0.29, 0.717) is 12.1 Å². The van der Waals surface area contributed by atoms with E-state index in [2.05, 4.69) is 46.9 Å². The minimum atomic E-state index is 0.602. The number of rotatable bonds is 4. The van der Waals surface area contributed by atoms with Crippen LogP contribution in [0.5, 0.6) is 0 Å². The Bertz CT molecular complexity index is 87.0. The average molecular weight is 157 g/mol. The van der Waals surface area contributed by atoms with E-state index in [1.807, 2.05) is 0 Å². The standard InChI is InChI=1S/C10H23N/c1-7(2)10(8(3)4)11-9(5)6/h7-11H,1-6H3. The first kappa shape index (κ1) is 11.0. The molecule has 0 saturated carbocycles. The van der Waals surface area contributed by atoms with Gasteiger partial charge in [-0.25, -0.2) is 0 Å². The van der Waals surface area contributed by atoms with Gasteiger partial charge in [-0.05, 0) is 11.8 Å². The molecule has 0 saturated heterocycles. The first-order valence-electron chi connectivity index (χ1n) is 4.71. The lowest BCUT2D eigenvalue weighted by atomic mass is 9.93. The first-order chi connectivity index (χ1) is 4.95. The van der Waals surface area contributed by atoms with Crippen molar-refractivity contribution in [1.82, 2.24) is 5.32 Å². The van der Waals surface area contributed by atoms with Crippen LogP contribution in [0.1, 0.15) is 41.5 Å². The second-order valence-electron chi connectivity index (χ2n) is 4.34. The Balaban J connectivity index is 3.90. The van der Waals surface area contributed by atoms with E-state index < -0.39 is 0 Å². The topological polar surface area (TPSA) is 12.0 Å². The van der Waals surface area contributed by atoms with Crippen molar-refractivity contribution in [2.75, 3.05) is 0 Å². The number of nitrogens with one attached hydrogen (secondary N) is 1. The molecule has 1 N–H and O–H groups in total. The first-order valence-corrected chi connectivity index (χ1v) is 4.71. The lowest BCUT2D eigenvalue weighted by Gasteiger charge is -2.28. The van der Waals surface area contributed by atoms with Crippen molar-refractivity contribution >= 4 is 0 Å². The third-order valence-electron chi connectivity index (χ3n) is 1.96. The third-order valence-corrected chi connectivity index (χ3v) is 1.96. The Hall–Kier alpha value is -0.0400. The molecule has 68 valence electrons. The van der Waals surface area contributed by atoms with Gasteiger partial charge in [0.05, 0.1) is 0 Å². The highest BCUT2D eigenvalue weighted by Crippen LogP contribution is 2.12. The average Bonchev–Trinajstić information content (AvgIpc) is 1.81. The summed E-state index contributed by atoms with van der Waals surface area (Å²) in [5.41, 5.74) is 0. The van der Waals surface area contributed by atoms with Gasteiger partial charge in [0.25, 0.3) is 0 Å². The lowest BCUT2D eigenvalue weighted by Crippen LogP contribution is -2.42. The molecule has 0 aromatic carbocycles. The molecule has 0 fully saturated rings. The van der Waals surface area contributed by atoms with Gasteiger partial charge in [0.1, 0.15) is 0 Å². The Morgan fingerprint density at radius 1 is 0.727 bits per heavy atom. The van der Waals surface area contributed by atoms with Crippen molar-refractivity contribution < 1.29 is 0 Å². The van der Waals surface area contributed by atoms with Gasteiger partial charge in [-0.15, -0.1) is 0 Å². The maximum absolute atomic E-state index is 3.58. The summed E-state index contributed by atoms with van der Waals surface area (Å²) < 4.78 is 0. The molecule has 0 aliphatic heterocycles.